The number of hydrogen-bond acceptors (Lipinski definition) is 3. The number of carboxylic acid groups (broad SMARTS) is 1. The van der Waals surface area contributed by atoms with Crippen LogP contribution < -0.4 is 0 Å². The first-order chi connectivity index (χ1) is 15.5. The minimum absolute atomic E-state index is 0.0456. The van der Waals surface area contributed by atoms with Crippen molar-refractivity contribution in [2.24, 2.45) is 17.8 Å². The zero-order valence-electron chi connectivity index (χ0n) is 21.4. The molecular formula is C28H52O4. The summed E-state index contributed by atoms with van der Waals surface area (Å²) in [5.74, 6) is -1.69. The van der Waals surface area contributed by atoms with Crippen LogP contribution >= 0.6 is 0 Å². The third kappa shape index (κ3) is 11.7. The van der Waals surface area contributed by atoms with Crippen LogP contribution in [0.25, 0.3) is 0 Å². The molecule has 1 fully saturated rings. The summed E-state index contributed by atoms with van der Waals surface area (Å²) in [5, 5.41) is 9.60. The Bertz CT molecular complexity index is 490. The first kappa shape index (κ1) is 29.0. The molecule has 1 rings (SSSR count). The van der Waals surface area contributed by atoms with Crippen LogP contribution in [0.2, 0.25) is 0 Å². The Labute approximate surface area is 198 Å². The number of carbonyl (C=O) groups is 2. The smallest absolute Gasteiger partial charge is 0.310 e. The molecule has 4 heteroatoms. The molecule has 1 N–H and O–H groups in total. The first-order valence-corrected chi connectivity index (χ1v) is 14.0. The second kappa shape index (κ2) is 18.4. The van der Waals surface area contributed by atoms with E-state index in [9.17, 15) is 14.7 Å². The molecule has 32 heavy (non-hydrogen) atoms. The lowest BCUT2D eigenvalue weighted by Gasteiger charge is -2.32. The van der Waals surface area contributed by atoms with Gasteiger partial charge in [-0.2, -0.15) is 0 Å². The number of aliphatic carboxylic acids is 1. The third-order valence-corrected chi connectivity index (χ3v) is 7.36. The van der Waals surface area contributed by atoms with E-state index in [1.807, 2.05) is 0 Å². The van der Waals surface area contributed by atoms with Crippen LogP contribution in [-0.2, 0) is 14.3 Å². The Morgan fingerprint density at radius 3 is 1.84 bits per heavy atom. The predicted octanol–water partition coefficient (Wildman–Crippen LogP) is 8.32. The molecule has 4 nitrogen and oxygen atoms in total. The van der Waals surface area contributed by atoms with Crippen molar-refractivity contribution in [1.29, 1.82) is 0 Å². The fraction of sp³-hybridized carbons (Fsp3) is 0.929. The largest absolute Gasteiger partial charge is 0.481 e. The predicted molar refractivity (Wildman–Crippen MR) is 133 cm³/mol. The van der Waals surface area contributed by atoms with E-state index in [2.05, 4.69) is 20.8 Å². The van der Waals surface area contributed by atoms with Gasteiger partial charge in [-0.3, -0.25) is 9.59 Å². The van der Waals surface area contributed by atoms with Crippen molar-refractivity contribution in [2.45, 2.75) is 149 Å². The highest BCUT2D eigenvalue weighted by molar-refractivity contribution is 5.81. The van der Waals surface area contributed by atoms with Crippen molar-refractivity contribution >= 4 is 11.9 Å². The highest BCUT2D eigenvalue weighted by atomic mass is 16.5. The second-order valence-corrected chi connectivity index (χ2v) is 10.1. The monoisotopic (exact) mass is 452 g/mol. The Hall–Kier alpha value is -1.06. The minimum Gasteiger partial charge on any atom is -0.481 e. The molecule has 0 radical (unpaired) electrons. The van der Waals surface area contributed by atoms with E-state index >= 15 is 0 Å². The molecule has 0 bridgehead atoms. The maximum Gasteiger partial charge on any atom is 0.310 e. The Morgan fingerprint density at radius 2 is 1.25 bits per heavy atom. The fourth-order valence-corrected chi connectivity index (χ4v) is 5.36. The summed E-state index contributed by atoms with van der Waals surface area (Å²) in [6.07, 6.45) is 21.1. The molecule has 0 heterocycles. The number of hydrogen-bond donors (Lipinski definition) is 1. The minimum atomic E-state index is -0.834. The summed E-state index contributed by atoms with van der Waals surface area (Å²) < 4.78 is 6.17. The molecule has 0 aromatic heterocycles. The van der Waals surface area contributed by atoms with Gasteiger partial charge in [0.2, 0.25) is 0 Å². The van der Waals surface area contributed by atoms with Gasteiger partial charge in [0.25, 0.3) is 0 Å². The molecule has 0 spiro atoms. The summed E-state index contributed by atoms with van der Waals surface area (Å²) >= 11 is 0. The van der Waals surface area contributed by atoms with Gasteiger partial charge in [-0.1, -0.05) is 104 Å². The Balaban J connectivity index is 2.68. The zero-order valence-corrected chi connectivity index (χ0v) is 21.4. The van der Waals surface area contributed by atoms with Crippen LogP contribution in [0.5, 0.6) is 0 Å². The van der Waals surface area contributed by atoms with Crippen molar-refractivity contribution in [3.63, 3.8) is 0 Å². The molecule has 4 atom stereocenters. The standard InChI is InChI=1S/C28H52O4/c1-4-7-9-10-11-12-13-15-22-26(23(18-6-3)19-14-8-5-2)32-28(31)25-21-17-16-20-24(25)27(29)30/h23-26H,4-22H2,1-3H3,(H,29,30). The average molecular weight is 453 g/mol. The number of carboxylic acids is 1. The second-order valence-electron chi connectivity index (χ2n) is 10.1. The lowest BCUT2D eigenvalue weighted by atomic mass is 9.79. The van der Waals surface area contributed by atoms with Gasteiger partial charge in [0, 0.05) is 0 Å². The number of carbonyl (C=O) groups excluding carboxylic acids is 1. The molecule has 0 aliphatic heterocycles. The van der Waals surface area contributed by atoms with Gasteiger partial charge >= 0.3 is 11.9 Å². The number of unbranched alkanes of at least 4 members (excludes halogenated alkanes) is 9. The third-order valence-electron chi connectivity index (χ3n) is 7.36. The molecule has 0 aromatic carbocycles. The molecule has 0 saturated heterocycles. The van der Waals surface area contributed by atoms with Gasteiger partial charge < -0.3 is 9.84 Å². The Morgan fingerprint density at radius 1 is 0.719 bits per heavy atom. The molecule has 4 unspecified atom stereocenters. The maximum atomic E-state index is 13.1. The first-order valence-electron chi connectivity index (χ1n) is 14.0. The van der Waals surface area contributed by atoms with Gasteiger partial charge in [-0.25, -0.2) is 0 Å². The quantitative estimate of drug-likeness (QED) is 0.158. The normalized spacial score (nSPS) is 20.6. The fourth-order valence-electron chi connectivity index (χ4n) is 5.36. The lowest BCUT2D eigenvalue weighted by molar-refractivity contribution is -0.166. The SMILES string of the molecule is CCCCCCCCCCC(OC(=O)C1CCCCC1C(=O)O)C(CCC)CCCCC. The van der Waals surface area contributed by atoms with Crippen molar-refractivity contribution in [3.8, 4) is 0 Å². The lowest BCUT2D eigenvalue weighted by Crippen LogP contribution is -2.37. The van der Waals surface area contributed by atoms with Gasteiger partial charge in [-0.15, -0.1) is 0 Å². The molecule has 0 amide bonds. The van der Waals surface area contributed by atoms with Gasteiger partial charge in [0.05, 0.1) is 11.8 Å². The summed E-state index contributed by atoms with van der Waals surface area (Å²) in [5.41, 5.74) is 0. The van der Waals surface area contributed by atoms with Crippen molar-refractivity contribution in [3.05, 3.63) is 0 Å². The van der Waals surface area contributed by atoms with E-state index < -0.39 is 17.8 Å². The van der Waals surface area contributed by atoms with Crippen molar-refractivity contribution in [1.82, 2.24) is 0 Å². The van der Waals surface area contributed by atoms with Crippen molar-refractivity contribution < 1.29 is 19.4 Å². The summed E-state index contributed by atoms with van der Waals surface area (Å²) in [6.45, 7) is 6.69. The van der Waals surface area contributed by atoms with Crippen LogP contribution in [0, 0.1) is 17.8 Å². The highest BCUT2D eigenvalue weighted by Crippen LogP contribution is 2.33. The van der Waals surface area contributed by atoms with Crippen LogP contribution in [0.1, 0.15) is 143 Å². The van der Waals surface area contributed by atoms with E-state index in [1.165, 1.54) is 64.2 Å². The number of esters is 1. The van der Waals surface area contributed by atoms with E-state index in [4.69, 9.17) is 4.74 Å². The number of ether oxygens (including phenoxy) is 1. The van der Waals surface area contributed by atoms with Crippen LogP contribution in [0.15, 0.2) is 0 Å². The van der Waals surface area contributed by atoms with Crippen LogP contribution in [-0.4, -0.2) is 23.1 Å². The van der Waals surface area contributed by atoms with E-state index in [0.29, 0.717) is 18.8 Å². The van der Waals surface area contributed by atoms with Gasteiger partial charge in [0.1, 0.15) is 6.10 Å². The zero-order chi connectivity index (χ0) is 23.6. The molecule has 188 valence electrons. The molecule has 1 aliphatic rings. The van der Waals surface area contributed by atoms with Gasteiger partial charge in [0.15, 0.2) is 0 Å². The summed E-state index contributed by atoms with van der Waals surface area (Å²) in [6, 6.07) is 0. The van der Waals surface area contributed by atoms with Crippen LogP contribution in [0.4, 0.5) is 0 Å². The van der Waals surface area contributed by atoms with Crippen molar-refractivity contribution in [2.75, 3.05) is 0 Å². The van der Waals surface area contributed by atoms with E-state index in [1.54, 1.807) is 0 Å². The molecule has 1 aliphatic carbocycles. The maximum absolute atomic E-state index is 13.1. The number of rotatable bonds is 19. The molecular weight excluding hydrogens is 400 g/mol. The van der Waals surface area contributed by atoms with E-state index in [-0.39, 0.29) is 12.1 Å². The topological polar surface area (TPSA) is 63.6 Å². The average Bonchev–Trinajstić information content (AvgIpc) is 2.79. The summed E-state index contributed by atoms with van der Waals surface area (Å²) in [7, 11) is 0. The van der Waals surface area contributed by atoms with Gasteiger partial charge in [-0.05, 0) is 44.4 Å². The van der Waals surface area contributed by atoms with Crippen LogP contribution in [0.3, 0.4) is 0 Å². The molecule has 0 aromatic rings. The Kier molecular flexibility index (Phi) is 16.6. The van der Waals surface area contributed by atoms with E-state index in [0.717, 1.165) is 44.9 Å². The summed E-state index contributed by atoms with van der Waals surface area (Å²) in [4.78, 5) is 24.8. The highest BCUT2D eigenvalue weighted by Gasteiger charge is 2.38. The molecule has 1 saturated carbocycles.